The molecule has 5 heterocycles. The fourth-order valence-corrected chi connectivity index (χ4v) is 4.61. The van der Waals surface area contributed by atoms with E-state index < -0.39 is 42.0 Å². The van der Waals surface area contributed by atoms with Gasteiger partial charge in [-0.25, -0.2) is 15.0 Å². The minimum atomic E-state index is -4.60. The molecule has 3 fully saturated rings. The SMILES string of the molecule is CN1CCN(c2cnc(OC[C@H]3OC[C@H](Nc4cncc(C(F)(F)F)n4)[C@H]4OC(C)(C)O[C@H]43)cn2)CC1. The van der Waals surface area contributed by atoms with Crippen molar-refractivity contribution < 1.29 is 32.1 Å². The van der Waals surface area contributed by atoms with E-state index in [1.54, 1.807) is 26.2 Å². The highest BCUT2D eigenvalue weighted by Crippen LogP contribution is 2.37. The van der Waals surface area contributed by atoms with Gasteiger partial charge in [-0.3, -0.25) is 4.98 Å². The lowest BCUT2D eigenvalue weighted by atomic mass is 9.98. The van der Waals surface area contributed by atoms with Crippen LogP contribution in [0.25, 0.3) is 0 Å². The molecule has 14 heteroatoms. The van der Waals surface area contributed by atoms with Crippen LogP contribution >= 0.6 is 0 Å². The number of fused-ring (bicyclic) bond motifs is 1. The number of ether oxygens (including phenoxy) is 4. The minimum Gasteiger partial charge on any atom is -0.474 e. The Balaban J connectivity index is 1.21. The molecule has 4 atom stereocenters. The summed E-state index contributed by atoms with van der Waals surface area (Å²) in [7, 11) is 2.09. The Bertz CT molecular complexity index is 1070. The van der Waals surface area contributed by atoms with E-state index in [1.165, 1.54) is 6.20 Å². The van der Waals surface area contributed by atoms with E-state index in [2.05, 4.69) is 42.1 Å². The molecule has 202 valence electrons. The third-order valence-electron chi connectivity index (χ3n) is 6.51. The number of hydrogen-bond acceptors (Lipinski definition) is 11. The van der Waals surface area contributed by atoms with Gasteiger partial charge in [-0.05, 0) is 20.9 Å². The highest BCUT2D eigenvalue weighted by atomic mass is 19.4. The second kappa shape index (κ2) is 10.2. The van der Waals surface area contributed by atoms with E-state index in [0.717, 1.165) is 32.0 Å². The van der Waals surface area contributed by atoms with Crippen LogP contribution in [0, 0.1) is 0 Å². The zero-order valence-corrected chi connectivity index (χ0v) is 20.8. The molecule has 0 bridgehead atoms. The van der Waals surface area contributed by atoms with Crippen molar-refractivity contribution in [3.8, 4) is 5.88 Å². The van der Waals surface area contributed by atoms with Gasteiger partial charge in [0, 0.05) is 26.2 Å². The number of likely N-dealkylation sites (N-methyl/N-ethyl adjacent to an activating group) is 1. The monoisotopic (exact) mass is 525 g/mol. The minimum absolute atomic E-state index is 0.0269. The zero-order chi connectivity index (χ0) is 26.2. The maximum Gasteiger partial charge on any atom is 0.434 e. The first kappa shape index (κ1) is 25.8. The normalized spacial score (nSPS) is 28.1. The van der Waals surface area contributed by atoms with Gasteiger partial charge in [-0.1, -0.05) is 0 Å². The van der Waals surface area contributed by atoms with Gasteiger partial charge in [0.1, 0.15) is 36.6 Å². The summed E-state index contributed by atoms with van der Waals surface area (Å²) in [5.41, 5.74) is -1.08. The van der Waals surface area contributed by atoms with Crippen molar-refractivity contribution in [2.75, 3.05) is 56.7 Å². The molecule has 1 N–H and O–H groups in total. The van der Waals surface area contributed by atoms with Crippen LogP contribution in [-0.4, -0.2) is 101 Å². The van der Waals surface area contributed by atoms with E-state index in [1.807, 2.05) is 0 Å². The van der Waals surface area contributed by atoms with Crippen molar-refractivity contribution >= 4 is 11.6 Å². The number of aromatic nitrogens is 4. The van der Waals surface area contributed by atoms with Gasteiger partial charge >= 0.3 is 6.18 Å². The summed E-state index contributed by atoms with van der Waals surface area (Å²) >= 11 is 0. The lowest BCUT2D eigenvalue weighted by Gasteiger charge is -2.37. The quantitative estimate of drug-likeness (QED) is 0.597. The Kier molecular flexibility index (Phi) is 7.09. The lowest BCUT2D eigenvalue weighted by Crippen LogP contribution is -2.55. The van der Waals surface area contributed by atoms with Crippen LogP contribution in [0.1, 0.15) is 19.5 Å². The fraction of sp³-hybridized carbons (Fsp3) is 0.652. The number of halogens is 3. The van der Waals surface area contributed by atoms with E-state index in [9.17, 15) is 13.2 Å². The molecule has 37 heavy (non-hydrogen) atoms. The van der Waals surface area contributed by atoms with Crippen molar-refractivity contribution in [2.24, 2.45) is 0 Å². The standard InChI is InChI=1S/C23H30F3N7O4/c1-22(2)36-20-14(30-17-9-27-8-16(31-17)23(24,25)26)12-34-15(21(20)37-22)13-35-19-11-28-18(10-29-19)33-6-4-32(3)5-7-33/h8-11,14-15,20-21H,4-7,12-13H2,1-3H3,(H,30,31)/t14-,15+,20+,21-/m0/s1. The van der Waals surface area contributed by atoms with Crippen molar-refractivity contribution in [1.29, 1.82) is 0 Å². The van der Waals surface area contributed by atoms with Crippen LogP contribution in [0.15, 0.2) is 24.8 Å². The maximum atomic E-state index is 13.0. The fourth-order valence-electron chi connectivity index (χ4n) is 4.61. The molecule has 0 aromatic carbocycles. The molecule has 3 saturated heterocycles. The number of nitrogens with zero attached hydrogens (tertiary/aromatic N) is 6. The van der Waals surface area contributed by atoms with Gasteiger partial charge in [-0.2, -0.15) is 13.2 Å². The number of hydrogen-bond donors (Lipinski definition) is 1. The van der Waals surface area contributed by atoms with E-state index in [4.69, 9.17) is 18.9 Å². The second-order valence-electron chi connectivity index (χ2n) is 9.79. The van der Waals surface area contributed by atoms with Crippen LogP contribution in [0.4, 0.5) is 24.8 Å². The summed E-state index contributed by atoms with van der Waals surface area (Å²) < 4.78 is 63.1. The molecule has 0 spiro atoms. The summed E-state index contributed by atoms with van der Waals surface area (Å²) in [5.74, 6) is 0.219. The highest BCUT2D eigenvalue weighted by molar-refractivity contribution is 5.37. The predicted octanol–water partition coefficient (Wildman–Crippen LogP) is 1.82. The first-order valence-corrected chi connectivity index (χ1v) is 12.1. The van der Waals surface area contributed by atoms with E-state index >= 15 is 0 Å². The van der Waals surface area contributed by atoms with Gasteiger partial charge in [-0.15, -0.1) is 0 Å². The summed E-state index contributed by atoms with van der Waals surface area (Å²) in [6.45, 7) is 7.53. The molecule has 0 aliphatic carbocycles. The van der Waals surface area contributed by atoms with Gasteiger partial charge in [0.15, 0.2) is 11.5 Å². The molecule has 3 aliphatic rings. The van der Waals surface area contributed by atoms with Crippen molar-refractivity contribution in [3.05, 3.63) is 30.5 Å². The Morgan fingerprint density at radius 2 is 1.81 bits per heavy atom. The predicted molar refractivity (Wildman–Crippen MR) is 125 cm³/mol. The number of nitrogens with one attached hydrogen (secondary N) is 1. The Hall–Kier alpha value is -2.81. The molecule has 2 aromatic rings. The molecule has 0 unspecified atom stereocenters. The topological polar surface area (TPSA) is 107 Å². The van der Waals surface area contributed by atoms with Crippen LogP contribution in [-0.2, 0) is 20.4 Å². The first-order chi connectivity index (χ1) is 17.6. The zero-order valence-electron chi connectivity index (χ0n) is 20.8. The molecular weight excluding hydrogens is 495 g/mol. The summed E-state index contributed by atoms with van der Waals surface area (Å²) in [6, 6.07) is -0.511. The Morgan fingerprint density at radius 3 is 2.51 bits per heavy atom. The van der Waals surface area contributed by atoms with Gasteiger partial charge < -0.3 is 34.1 Å². The number of piperazine rings is 1. The third-order valence-corrected chi connectivity index (χ3v) is 6.51. The molecule has 2 aromatic heterocycles. The molecule has 5 rings (SSSR count). The number of anilines is 2. The maximum absolute atomic E-state index is 13.0. The van der Waals surface area contributed by atoms with Crippen molar-refractivity contribution in [1.82, 2.24) is 24.8 Å². The molecule has 0 radical (unpaired) electrons. The highest BCUT2D eigenvalue weighted by Gasteiger charge is 2.52. The summed E-state index contributed by atoms with van der Waals surface area (Å²) in [5, 5.41) is 2.96. The molecule has 0 amide bonds. The smallest absolute Gasteiger partial charge is 0.434 e. The lowest BCUT2D eigenvalue weighted by molar-refractivity contribution is -0.156. The van der Waals surface area contributed by atoms with Crippen LogP contribution in [0.5, 0.6) is 5.88 Å². The van der Waals surface area contributed by atoms with Crippen molar-refractivity contribution in [2.45, 2.75) is 50.2 Å². The summed E-state index contributed by atoms with van der Waals surface area (Å²) in [4.78, 5) is 20.6. The number of rotatable bonds is 6. The van der Waals surface area contributed by atoms with Crippen LogP contribution in [0.2, 0.25) is 0 Å². The molecular formula is C23H30F3N7O4. The van der Waals surface area contributed by atoms with Gasteiger partial charge in [0.25, 0.3) is 0 Å². The number of alkyl halides is 3. The Morgan fingerprint density at radius 1 is 1.05 bits per heavy atom. The summed E-state index contributed by atoms with van der Waals surface area (Å²) in [6.07, 6.45) is -0.949. The van der Waals surface area contributed by atoms with E-state index in [0.29, 0.717) is 12.1 Å². The molecule has 3 aliphatic heterocycles. The molecule has 0 saturated carbocycles. The average Bonchev–Trinajstić information content (AvgIpc) is 3.20. The second-order valence-corrected chi connectivity index (χ2v) is 9.79. The first-order valence-electron chi connectivity index (χ1n) is 12.1. The molecule has 11 nitrogen and oxygen atoms in total. The van der Waals surface area contributed by atoms with Crippen molar-refractivity contribution in [3.63, 3.8) is 0 Å². The Labute approximate surface area is 212 Å². The van der Waals surface area contributed by atoms with Crippen LogP contribution in [0.3, 0.4) is 0 Å². The van der Waals surface area contributed by atoms with Gasteiger partial charge in [0.05, 0.1) is 37.4 Å². The van der Waals surface area contributed by atoms with Gasteiger partial charge in [0.2, 0.25) is 5.88 Å². The average molecular weight is 526 g/mol. The van der Waals surface area contributed by atoms with E-state index in [-0.39, 0.29) is 19.0 Å². The largest absolute Gasteiger partial charge is 0.474 e. The third kappa shape index (κ3) is 6.03. The van der Waals surface area contributed by atoms with Crippen LogP contribution < -0.4 is 15.0 Å².